The van der Waals surface area contributed by atoms with Crippen molar-refractivity contribution in [2.75, 3.05) is 33.4 Å². The lowest BCUT2D eigenvalue weighted by Gasteiger charge is -2.24. The molecular formula is C18H28N2O6. The Morgan fingerprint density at radius 3 is 2.54 bits per heavy atom. The number of carbonyl (C=O) groups is 2. The molecule has 2 amide bonds. The van der Waals surface area contributed by atoms with E-state index in [2.05, 4.69) is 5.32 Å². The summed E-state index contributed by atoms with van der Waals surface area (Å²) in [5.41, 5.74) is 0.790. The van der Waals surface area contributed by atoms with Gasteiger partial charge in [0.05, 0.1) is 26.4 Å². The monoisotopic (exact) mass is 368 g/mol. The van der Waals surface area contributed by atoms with Crippen molar-refractivity contribution >= 4 is 12.0 Å². The number of aliphatic hydroxyl groups excluding tert-OH is 2. The SMILES string of the molecule is CCCC(=O)NCCN(CC(O)CO)C(=O)OCc1ccc(OC)cc1. The maximum Gasteiger partial charge on any atom is 0.410 e. The van der Waals surface area contributed by atoms with E-state index in [0.29, 0.717) is 12.2 Å². The van der Waals surface area contributed by atoms with E-state index >= 15 is 0 Å². The lowest BCUT2D eigenvalue weighted by molar-refractivity contribution is -0.121. The molecule has 0 saturated carbocycles. The van der Waals surface area contributed by atoms with Gasteiger partial charge in [-0.2, -0.15) is 0 Å². The van der Waals surface area contributed by atoms with Gasteiger partial charge < -0.3 is 29.9 Å². The molecule has 1 atom stereocenters. The largest absolute Gasteiger partial charge is 0.497 e. The van der Waals surface area contributed by atoms with Crippen LogP contribution in [0.5, 0.6) is 5.75 Å². The molecule has 0 radical (unpaired) electrons. The minimum absolute atomic E-state index is 0.0662. The predicted molar refractivity (Wildman–Crippen MR) is 95.8 cm³/mol. The maximum atomic E-state index is 12.3. The summed E-state index contributed by atoms with van der Waals surface area (Å²) in [4.78, 5) is 25.0. The molecule has 146 valence electrons. The van der Waals surface area contributed by atoms with E-state index in [1.54, 1.807) is 31.4 Å². The Balaban J connectivity index is 2.54. The normalized spacial score (nSPS) is 11.5. The van der Waals surface area contributed by atoms with Crippen LogP contribution in [0.4, 0.5) is 4.79 Å². The van der Waals surface area contributed by atoms with Crippen LogP contribution in [0.1, 0.15) is 25.3 Å². The number of nitrogens with zero attached hydrogens (tertiary/aromatic N) is 1. The van der Waals surface area contributed by atoms with Crippen molar-refractivity contribution in [3.05, 3.63) is 29.8 Å². The van der Waals surface area contributed by atoms with Crippen LogP contribution in [0.2, 0.25) is 0 Å². The van der Waals surface area contributed by atoms with Crippen molar-refractivity contribution in [2.24, 2.45) is 0 Å². The number of rotatable bonds is 11. The average molecular weight is 368 g/mol. The zero-order valence-electron chi connectivity index (χ0n) is 15.3. The maximum absolute atomic E-state index is 12.3. The molecule has 1 rings (SSSR count). The molecule has 3 N–H and O–H groups in total. The van der Waals surface area contributed by atoms with Gasteiger partial charge in [0.2, 0.25) is 5.91 Å². The number of carbonyl (C=O) groups excluding carboxylic acids is 2. The molecular weight excluding hydrogens is 340 g/mol. The molecule has 0 saturated heterocycles. The lowest BCUT2D eigenvalue weighted by atomic mass is 10.2. The smallest absolute Gasteiger partial charge is 0.410 e. The highest BCUT2D eigenvalue weighted by Gasteiger charge is 2.19. The highest BCUT2D eigenvalue weighted by atomic mass is 16.6. The van der Waals surface area contributed by atoms with Gasteiger partial charge in [-0.05, 0) is 24.1 Å². The van der Waals surface area contributed by atoms with Crippen molar-refractivity contribution in [3.63, 3.8) is 0 Å². The molecule has 1 unspecified atom stereocenters. The van der Waals surface area contributed by atoms with Crippen LogP contribution in [0, 0.1) is 0 Å². The van der Waals surface area contributed by atoms with Gasteiger partial charge in [0.25, 0.3) is 0 Å². The number of hydrogen-bond acceptors (Lipinski definition) is 6. The van der Waals surface area contributed by atoms with E-state index in [1.807, 2.05) is 6.92 Å². The Labute approximate surface area is 153 Å². The minimum Gasteiger partial charge on any atom is -0.497 e. The highest BCUT2D eigenvalue weighted by molar-refractivity contribution is 5.75. The summed E-state index contributed by atoms with van der Waals surface area (Å²) in [5.74, 6) is 0.609. The van der Waals surface area contributed by atoms with Crippen molar-refractivity contribution < 1.29 is 29.3 Å². The van der Waals surface area contributed by atoms with Gasteiger partial charge in [0.1, 0.15) is 12.4 Å². The Hall–Kier alpha value is -2.32. The first kappa shape index (κ1) is 21.7. The fourth-order valence-electron chi connectivity index (χ4n) is 2.17. The fraction of sp³-hybridized carbons (Fsp3) is 0.556. The lowest BCUT2D eigenvalue weighted by Crippen LogP contribution is -2.43. The number of amides is 2. The summed E-state index contributed by atoms with van der Waals surface area (Å²) in [6, 6.07) is 7.09. The van der Waals surface area contributed by atoms with E-state index < -0.39 is 18.8 Å². The van der Waals surface area contributed by atoms with Crippen molar-refractivity contribution in [1.82, 2.24) is 10.2 Å². The van der Waals surface area contributed by atoms with Gasteiger partial charge in [0.15, 0.2) is 0 Å². The van der Waals surface area contributed by atoms with Gasteiger partial charge >= 0.3 is 6.09 Å². The number of ether oxygens (including phenoxy) is 2. The zero-order chi connectivity index (χ0) is 19.4. The molecule has 0 aliphatic rings. The zero-order valence-corrected chi connectivity index (χ0v) is 15.3. The summed E-state index contributed by atoms with van der Waals surface area (Å²) < 4.78 is 10.3. The standard InChI is InChI=1S/C18H28N2O6/c1-3-4-17(23)19-9-10-20(11-15(22)12-21)18(24)26-13-14-5-7-16(25-2)8-6-14/h5-8,15,21-22H,3-4,9-13H2,1-2H3,(H,19,23). The summed E-state index contributed by atoms with van der Waals surface area (Å²) in [6.45, 7) is 1.84. The second kappa shape index (κ2) is 12.1. The molecule has 8 nitrogen and oxygen atoms in total. The van der Waals surface area contributed by atoms with E-state index in [9.17, 15) is 14.7 Å². The van der Waals surface area contributed by atoms with Crippen LogP contribution in [0.3, 0.4) is 0 Å². The summed E-state index contributed by atoms with van der Waals surface area (Å²) >= 11 is 0. The van der Waals surface area contributed by atoms with E-state index in [1.165, 1.54) is 4.90 Å². The van der Waals surface area contributed by atoms with Crippen LogP contribution in [0.15, 0.2) is 24.3 Å². The van der Waals surface area contributed by atoms with E-state index in [4.69, 9.17) is 14.6 Å². The second-order valence-corrected chi connectivity index (χ2v) is 5.79. The Morgan fingerprint density at radius 1 is 1.27 bits per heavy atom. The van der Waals surface area contributed by atoms with Crippen LogP contribution in [0.25, 0.3) is 0 Å². The number of hydrogen-bond donors (Lipinski definition) is 3. The Kier molecular flexibility index (Phi) is 10.1. The van der Waals surface area contributed by atoms with Crippen molar-refractivity contribution in [2.45, 2.75) is 32.5 Å². The first-order chi connectivity index (χ1) is 12.5. The summed E-state index contributed by atoms with van der Waals surface area (Å²) in [5, 5.41) is 21.3. The van der Waals surface area contributed by atoms with Gasteiger partial charge in [0, 0.05) is 19.5 Å². The molecule has 0 aliphatic carbocycles. The molecule has 0 aromatic heterocycles. The number of aliphatic hydroxyl groups is 2. The Morgan fingerprint density at radius 2 is 1.96 bits per heavy atom. The molecule has 0 spiro atoms. The van der Waals surface area contributed by atoms with E-state index in [-0.39, 0.29) is 32.1 Å². The van der Waals surface area contributed by atoms with Crippen molar-refractivity contribution in [3.8, 4) is 5.75 Å². The fourth-order valence-corrected chi connectivity index (χ4v) is 2.17. The highest BCUT2D eigenvalue weighted by Crippen LogP contribution is 2.12. The number of nitrogens with one attached hydrogen (secondary N) is 1. The van der Waals surface area contributed by atoms with Crippen LogP contribution in [-0.4, -0.2) is 66.6 Å². The quantitative estimate of drug-likeness (QED) is 0.536. The third-order valence-electron chi connectivity index (χ3n) is 3.60. The second-order valence-electron chi connectivity index (χ2n) is 5.79. The van der Waals surface area contributed by atoms with Crippen LogP contribution < -0.4 is 10.1 Å². The van der Waals surface area contributed by atoms with Gasteiger partial charge in [-0.3, -0.25) is 4.79 Å². The van der Waals surface area contributed by atoms with Gasteiger partial charge in [-0.15, -0.1) is 0 Å². The van der Waals surface area contributed by atoms with E-state index in [0.717, 1.165) is 12.0 Å². The molecule has 0 fully saturated rings. The molecule has 26 heavy (non-hydrogen) atoms. The van der Waals surface area contributed by atoms with Gasteiger partial charge in [-0.25, -0.2) is 4.79 Å². The first-order valence-electron chi connectivity index (χ1n) is 8.60. The summed E-state index contributed by atoms with van der Waals surface area (Å²) in [7, 11) is 1.57. The molecule has 1 aromatic carbocycles. The number of benzene rings is 1. The van der Waals surface area contributed by atoms with Crippen LogP contribution in [-0.2, 0) is 16.1 Å². The molecule has 1 aromatic rings. The minimum atomic E-state index is -1.07. The molecule has 0 bridgehead atoms. The van der Waals surface area contributed by atoms with Gasteiger partial charge in [-0.1, -0.05) is 19.1 Å². The molecule has 0 aliphatic heterocycles. The average Bonchev–Trinajstić information content (AvgIpc) is 2.65. The van der Waals surface area contributed by atoms with Crippen molar-refractivity contribution in [1.29, 1.82) is 0 Å². The summed E-state index contributed by atoms with van der Waals surface area (Å²) in [6.07, 6.45) is -0.544. The third kappa shape index (κ3) is 8.17. The first-order valence-corrected chi connectivity index (χ1v) is 8.60. The molecule has 8 heteroatoms. The third-order valence-corrected chi connectivity index (χ3v) is 3.60. The topological polar surface area (TPSA) is 108 Å². The number of methoxy groups -OCH3 is 1. The predicted octanol–water partition coefficient (Wildman–Crippen LogP) is 0.903. The van der Waals surface area contributed by atoms with Crippen LogP contribution >= 0.6 is 0 Å². The molecule has 0 heterocycles. The Bertz CT molecular complexity index is 549.